The Morgan fingerprint density at radius 3 is 1.70 bits per heavy atom. The van der Waals surface area contributed by atoms with Crippen LogP contribution >= 0.6 is 7.82 Å². The maximum atomic E-state index is 12.1. The van der Waals surface area contributed by atoms with Crippen LogP contribution in [0.25, 0.3) is 0 Å². The van der Waals surface area contributed by atoms with E-state index in [9.17, 15) is 40.1 Å². The first-order valence-electron chi connectivity index (χ1n) is 13.6. The molecule has 0 heterocycles. The molecule has 0 aromatic rings. The summed E-state index contributed by atoms with van der Waals surface area (Å²) in [5.41, 5.74) is 0. The molecular weight excluding hydrogens is 507 g/mol. The Bertz CT molecular complexity index is 634. The van der Waals surface area contributed by atoms with E-state index in [1.807, 2.05) is 6.08 Å². The minimum Gasteiger partial charge on any atom is -0.499 e. The summed E-state index contributed by atoms with van der Waals surface area (Å²) < 4.78 is 26.6. The second-order valence-electron chi connectivity index (χ2n) is 9.82. The molecule has 8 atom stereocenters. The molecule has 6 unspecified atom stereocenters. The molecule has 1 rings (SSSR count). The highest BCUT2D eigenvalue weighted by Gasteiger charge is 2.51. The van der Waals surface area contributed by atoms with Crippen LogP contribution in [0.5, 0.6) is 0 Å². The molecular formula is C25H49O11P. The highest BCUT2D eigenvalue weighted by molar-refractivity contribution is 7.47. The molecule has 1 aliphatic carbocycles. The molecule has 37 heavy (non-hydrogen) atoms. The van der Waals surface area contributed by atoms with E-state index in [0.29, 0.717) is 0 Å². The fourth-order valence-corrected chi connectivity index (χ4v) is 5.12. The van der Waals surface area contributed by atoms with Crippen LogP contribution in [0.4, 0.5) is 0 Å². The Morgan fingerprint density at radius 1 is 0.730 bits per heavy atom. The molecule has 0 saturated heterocycles. The van der Waals surface area contributed by atoms with Crippen molar-refractivity contribution in [2.24, 2.45) is 0 Å². The number of phosphoric acid groups is 1. The fraction of sp³-hybridized carbons (Fsp3) is 0.920. The van der Waals surface area contributed by atoms with Crippen molar-refractivity contribution in [3.63, 3.8) is 0 Å². The normalized spacial score (nSPS) is 28.9. The summed E-state index contributed by atoms with van der Waals surface area (Å²) in [5, 5.41) is 58.5. The molecule has 11 nitrogen and oxygen atoms in total. The monoisotopic (exact) mass is 556 g/mol. The first-order chi connectivity index (χ1) is 17.6. The molecule has 0 amide bonds. The Morgan fingerprint density at radius 2 is 1.19 bits per heavy atom. The average Bonchev–Trinajstić information content (AvgIpc) is 2.87. The summed E-state index contributed by atoms with van der Waals surface area (Å²) in [4.78, 5) is 9.80. The number of unbranched alkanes of at least 4 members (excludes halogenated alkanes) is 12. The van der Waals surface area contributed by atoms with Gasteiger partial charge in [-0.2, -0.15) is 0 Å². The van der Waals surface area contributed by atoms with Crippen molar-refractivity contribution in [1.29, 1.82) is 0 Å². The molecule has 7 N–H and O–H groups in total. The van der Waals surface area contributed by atoms with Gasteiger partial charge in [0.1, 0.15) is 49.3 Å². The van der Waals surface area contributed by atoms with E-state index in [0.717, 1.165) is 19.3 Å². The zero-order chi connectivity index (χ0) is 27.7. The fourth-order valence-electron chi connectivity index (χ4n) is 4.14. The maximum Gasteiger partial charge on any atom is 0.472 e. The number of hydrogen-bond donors (Lipinski definition) is 7. The lowest BCUT2D eigenvalue weighted by Crippen LogP contribution is -2.64. The SMILES string of the molecule is CCCCCCCCCCCCCC/C=C\OC[C@@H](O)COP(=O)(O)OC1C(O)C(O)C(O)[C@@H](O)C1O. The summed E-state index contributed by atoms with van der Waals surface area (Å²) in [6.07, 6.45) is 6.76. The summed E-state index contributed by atoms with van der Waals surface area (Å²) in [5.74, 6) is 0. The number of hydrogen-bond acceptors (Lipinski definition) is 10. The number of phosphoric ester groups is 1. The Kier molecular flexibility index (Phi) is 18.1. The van der Waals surface area contributed by atoms with Gasteiger partial charge in [0.25, 0.3) is 0 Å². The van der Waals surface area contributed by atoms with Crippen molar-refractivity contribution < 1.29 is 53.9 Å². The van der Waals surface area contributed by atoms with Crippen LogP contribution in [-0.4, -0.2) is 91.5 Å². The molecule has 1 saturated carbocycles. The van der Waals surface area contributed by atoms with Gasteiger partial charge in [0.2, 0.25) is 0 Å². The van der Waals surface area contributed by atoms with Crippen molar-refractivity contribution in [3.05, 3.63) is 12.3 Å². The van der Waals surface area contributed by atoms with E-state index in [1.54, 1.807) is 0 Å². The second kappa shape index (κ2) is 19.5. The molecule has 0 spiro atoms. The van der Waals surface area contributed by atoms with Crippen LogP contribution in [-0.2, 0) is 18.3 Å². The Labute approximate surface area is 220 Å². The van der Waals surface area contributed by atoms with E-state index in [2.05, 4.69) is 16.0 Å². The molecule has 0 aliphatic heterocycles. The van der Waals surface area contributed by atoms with Gasteiger partial charge in [-0.05, 0) is 18.9 Å². The third kappa shape index (κ3) is 14.4. The van der Waals surface area contributed by atoms with Crippen LogP contribution in [0.1, 0.15) is 90.4 Å². The van der Waals surface area contributed by atoms with Crippen LogP contribution in [0.15, 0.2) is 12.3 Å². The zero-order valence-corrected chi connectivity index (χ0v) is 22.9. The second-order valence-corrected chi connectivity index (χ2v) is 11.2. The average molecular weight is 557 g/mol. The van der Waals surface area contributed by atoms with Crippen LogP contribution in [0.2, 0.25) is 0 Å². The summed E-state index contributed by atoms with van der Waals surface area (Å²) in [7, 11) is -4.90. The number of ether oxygens (including phenoxy) is 1. The van der Waals surface area contributed by atoms with Gasteiger partial charge >= 0.3 is 7.82 Å². The van der Waals surface area contributed by atoms with Crippen LogP contribution in [0, 0.1) is 0 Å². The molecule has 0 radical (unpaired) electrons. The predicted octanol–water partition coefficient (Wildman–Crippen LogP) is 2.29. The number of aliphatic hydroxyl groups excluding tert-OH is 6. The molecule has 0 bridgehead atoms. The van der Waals surface area contributed by atoms with E-state index in [-0.39, 0.29) is 6.61 Å². The lowest BCUT2D eigenvalue weighted by Gasteiger charge is -2.41. The van der Waals surface area contributed by atoms with E-state index < -0.39 is 57.2 Å². The lowest BCUT2D eigenvalue weighted by molar-refractivity contribution is -0.220. The number of allylic oxidation sites excluding steroid dienone is 1. The molecule has 1 fully saturated rings. The van der Waals surface area contributed by atoms with Gasteiger partial charge in [0.15, 0.2) is 0 Å². The third-order valence-corrected chi connectivity index (χ3v) is 7.45. The van der Waals surface area contributed by atoms with E-state index in [4.69, 9.17) is 4.74 Å². The smallest absolute Gasteiger partial charge is 0.472 e. The van der Waals surface area contributed by atoms with Crippen molar-refractivity contribution >= 4 is 7.82 Å². The van der Waals surface area contributed by atoms with Crippen molar-refractivity contribution in [2.45, 2.75) is 133 Å². The summed E-state index contributed by atoms with van der Waals surface area (Å²) in [6, 6.07) is 0. The zero-order valence-electron chi connectivity index (χ0n) is 22.0. The van der Waals surface area contributed by atoms with Crippen LogP contribution < -0.4 is 0 Å². The van der Waals surface area contributed by atoms with Crippen LogP contribution in [0.3, 0.4) is 0 Å². The minimum atomic E-state index is -4.90. The standard InChI is InChI=1S/C25H49O11P/c1-2-3-4-5-6-7-8-9-10-11-12-13-14-15-16-34-17-19(26)18-35-37(32,33)36-25-23(30)21(28)20(27)22(29)24(25)31/h15-16,19-31H,2-14,17-18H2,1H3,(H,32,33)/b16-15-/t19-,20?,21-,22?,23?,24?,25?/m1/s1. The third-order valence-electron chi connectivity index (χ3n) is 6.46. The largest absolute Gasteiger partial charge is 0.499 e. The topological polar surface area (TPSA) is 186 Å². The highest BCUT2D eigenvalue weighted by Crippen LogP contribution is 2.47. The Hall–Kier alpha value is -0.590. The van der Waals surface area contributed by atoms with Gasteiger partial charge in [-0.1, -0.05) is 77.6 Å². The molecule has 12 heteroatoms. The minimum absolute atomic E-state index is 0.201. The molecule has 220 valence electrons. The van der Waals surface area contributed by atoms with Gasteiger partial charge in [0.05, 0.1) is 12.9 Å². The molecule has 0 aromatic carbocycles. The summed E-state index contributed by atoms with van der Waals surface area (Å²) >= 11 is 0. The van der Waals surface area contributed by atoms with Crippen molar-refractivity contribution in [3.8, 4) is 0 Å². The number of aliphatic hydroxyl groups is 6. The highest BCUT2D eigenvalue weighted by atomic mass is 31.2. The van der Waals surface area contributed by atoms with Gasteiger partial charge in [-0.3, -0.25) is 9.05 Å². The van der Waals surface area contributed by atoms with E-state index >= 15 is 0 Å². The lowest BCUT2D eigenvalue weighted by atomic mass is 9.85. The quantitative estimate of drug-likeness (QED) is 0.0625. The first kappa shape index (κ1) is 34.4. The maximum absolute atomic E-state index is 12.1. The van der Waals surface area contributed by atoms with Gasteiger partial charge in [-0.25, -0.2) is 4.57 Å². The molecule has 1 aliphatic rings. The van der Waals surface area contributed by atoms with Gasteiger partial charge < -0.3 is 40.3 Å². The predicted molar refractivity (Wildman–Crippen MR) is 137 cm³/mol. The summed E-state index contributed by atoms with van der Waals surface area (Å²) in [6.45, 7) is 1.39. The first-order valence-corrected chi connectivity index (χ1v) is 15.1. The van der Waals surface area contributed by atoms with Gasteiger partial charge in [-0.15, -0.1) is 0 Å². The van der Waals surface area contributed by atoms with Gasteiger partial charge in [0, 0.05) is 0 Å². The number of rotatable bonds is 21. The van der Waals surface area contributed by atoms with Crippen molar-refractivity contribution in [2.75, 3.05) is 13.2 Å². The van der Waals surface area contributed by atoms with E-state index in [1.165, 1.54) is 70.5 Å². The van der Waals surface area contributed by atoms with Crippen molar-refractivity contribution in [1.82, 2.24) is 0 Å². The Balaban J connectivity index is 2.08. The molecule has 0 aromatic heterocycles.